The van der Waals surface area contributed by atoms with Crippen LogP contribution in [0.25, 0.3) is 0 Å². The van der Waals surface area contributed by atoms with Gasteiger partial charge in [-0.2, -0.15) is 0 Å². The first kappa shape index (κ1) is 11.6. The maximum Gasteiger partial charge on any atom is 0.328 e. The lowest BCUT2D eigenvalue weighted by molar-refractivity contribution is 0.447. The van der Waals surface area contributed by atoms with E-state index < -0.39 is 17.1 Å². The zero-order chi connectivity index (χ0) is 13.1. The monoisotopic (exact) mass is 246 g/mol. The van der Waals surface area contributed by atoms with E-state index in [-0.39, 0.29) is 5.56 Å². The number of benzene rings is 1. The lowest BCUT2D eigenvalue weighted by Crippen LogP contribution is -2.24. The van der Waals surface area contributed by atoms with Crippen LogP contribution in [0.1, 0.15) is 5.56 Å². The fraction of sp³-hybridized carbons (Fsp3) is 0. The number of H-pyrrole nitrogens is 2. The third-order valence-corrected chi connectivity index (χ3v) is 2.23. The Balaban J connectivity index is 2.45. The Morgan fingerprint density at radius 2 is 1.94 bits per heavy atom. The van der Waals surface area contributed by atoms with E-state index in [1.165, 1.54) is 0 Å². The molecule has 0 saturated carbocycles. The molecule has 2 rings (SSSR count). The van der Waals surface area contributed by atoms with Gasteiger partial charge in [0.15, 0.2) is 0 Å². The van der Waals surface area contributed by atoms with Crippen LogP contribution in [0.5, 0.6) is 5.88 Å². The van der Waals surface area contributed by atoms with E-state index in [1.807, 2.05) is 4.98 Å². The van der Waals surface area contributed by atoms with Crippen molar-refractivity contribution in [3.8, 4) is 5.88 Å². The predicted molar refractivity (Wildman–Crippen MR) is 67.5 cm³/mol. The molecule has 0 unspecified atom stereocenters. The number of aromatic nitrogens is 2. The van der Waals surface area contributed by atoms with Crippen molar-refractivity contribution in [1.29, 1.82) is 0 Å². The number of hydrogen-bond donors (Lipinski definition) is 4. The molecule has 1 aromatic carbocycles. The van der Waals surface area contributed by atoms with Crippen LogP contribution in [-0.2, 0) is 0 Å². The van der Waals surface area contributed by atoms with E-state index in [9.17, 15) is 14.7 Å². The molecule has 7 heteroatoms. The molecule has 0 atom stereocenters. The number of para-hydroxylation sites is 2. The molecule has 0 aliphatic heterocycles. The summed E-state index contributed by atoms with van der Waals surface area (Å²) in [6.07, 6.45) is 1.13. The number of nitrogens with zero attached hydrogens (tertiary/aromatic N) is 1. The van der Waals surface area contributed by atoms with Crippen LogP contribution in [0.4, 0.5) is 11.4 Å². The summed E-state index contributed by atoms with van der Waals surface area (Å²) >= 11 is 0. The third-order valence-electron chi connectivity index (χ3n) is 2.23. The molecule has 7 nitrogen and oxygen atoms in total. The van der Waals surface area contributed by atoms with Crippen molar-refractivity contribution >= 4 is 17.6 Å². The Labute approximate surface area is 101 Å². The normalized spacial score (nSPS) is 10.9. The highest BCUT2D eigenvalue weighted by molar-refractivity contribution is 5.85. The second-order valence-electron chi connectivity index (χ2n) is 3.49. The van der Waals surface area contributed by atoms with Gasteiger partial charge in [-0.3, -0.25) is 19.8 Å². The van der Waals surface area contributed by atoms with E-state index >= 15 is 0 Å². The minimum Gasteiger partial charge on any atom is -0.494 e. The van der Waals surface area contributed by atoms with Crippen molar-refractivity contribution in [2.75, 3.05) is 5.73 Å². The predicted octanol–water partition coefficient (Wildman–Crippen LogP) is 0.102. The first-order chi connectivity index (χ1) is 8.58. The minimum atomic E-state index is -0.783. The Morgan fingerprint density at radius 1 is 1.22 bits per heavy atom. The van der Waals surface area contributed by atoms with Crippen LogP contribution >= 0.6 is 0 Å². The Hall–Kier alpha value is -2.83. The van der Waals surface area contributed by atoms with Crippen molar-refractivity contribution in [2.45, 2.75) is 0 Å². The average molecular weight is 246 g/mol. The third kappa shape index (κ3) is 2.29. The fourth-order valence-corrected chi connectivity index (χ4v) is 1.34. The van der Waals surface area contributed by atoms with Gasteiger partial charge in [0.05, 0.1) is 11.4 Å². The maximum absolute atomic E-state index is 11.4. The van der Waals surface area contributed by atoms with Crippen molar-refractivity contribution < 1.29 is 5.11 Å². The van der Waals surface area contributed by atoms with Crippen molar-refractivity contribution in [1.82, 2.24) is 9.97 Å². The van der Waals surface area contributed by atoms with Gasteiger partial charge in [-0.1, -0.05) is 12.1 Å². The molecule has 0 aliphatic rings. The molecule has 1 heterocycles. The molecule has 0 fully saturated rings. The molecule has 18 heavy (non-hydrogen) atoms. The molecular formula is C11H10N4O3. The molecule has 0 bridgehead atoms. The highest BCUT2D eigenvalue weighted by Crippen LogP contribution is 2.20. The van der Waals surface area contributed by atoms with E-state index in [0.29, 0.717) is 11.4 Å². The summed E-state index contributed by atoms with van der Waals surface area (Å²) in [5.41, 5.74) is 4.91. The quantitative estimate of drug-likeness (QED) is 0.443. The molecule has 0 spiro atoms. The molecule has 0 amide bonds. The van der Waals surface area contributed by atoms with Crippen LogP contribution in [0, 0.1) is 0 Å². The molecule has 0 aliphatic carbocycles. The molecule has 0 saturated heterocycles. The van der Waals surface area contributed by atoms with Gasteiger partial charge < -0.3 is 10.8 Å². The summed E-state index contributed by atoms with van der Waals surface area (Å²) in [6, 6.07) is 6.80. The zero-order valence-electron chi connectivity index (χ0n) is 9.18. The number of anilines is 1. The number of rotatable bonds is 2. The number of hydrogen-bond acceptors (Lipinski definition) is 5. The van der Waals surface area contributed by atoms with Gasteiger partial charge in [0, 0.05) is 6.21 Å². The molecule has 1 aromatic heterocycles. The lowest BCUT2D eigenvalue weighted by atomic mass is 10.3. The van der Waals surface area contributed by atoms with E-state index in [4.69, 9.17) is 5.73 Å². The van der Waals surface area contributed by atoms with Crippen molar-refractivity contribution in [3.63, 3.8) is 0 Å². The van der Waals surface area contributed by atoms with E-state index in [1.54, 1.807) is 24.3 Å². The van der Waals surface area contributed by atoms with Crippen LogP contribution in [0.15, 0.2) is 38.8 Å². The molecular weight excluding hydrogens is 236 g/mol. The summed E-state index contributed by atoms with van der Waals surface area (Å²) in [6.45, 7) is 0. The van der Waals surface area contributed by atoms with Gasteiger partial charge >= 0.3 is 5.69 Å². The van der Waals surface area contributed by atoms with Crippen molar-refractivity contribution in [2.24, 2.45) is 4.99 Å². The average Bonchev–Trinajstić information content (AvgIpc) is 2.30. The molecule has 92 valence electrons. The fourth-order valence-electron chi connectivity index (χ4n) is 1.34. The highest BCUT2D eigenvalue weighted by atomic mass is 16.3. The Kier molecular flexibility index (Phi) is 2.96. The number of aliphatic imine (C=N–C) groups is 1. The molecule has 0 radical (unpaired) electrons. The Bertz CT molecular complexity index is 715. The second-order valence-corrected chi connectivity index (χ2v) is 3.49. The standard InChI is InChI=1S/C11H10N4O3/c12-7-3-1-2-4-8(7)13-5-6-9(16)14-11(18)15-10(6)17/h1-5H,12H2,(H3,14,15,16,17,18). The minimum absolute atomic E-state index is 0.141. The molecule has 2 aromatic rings. The zero-order valence-corrected chi connectivity index (χ0v) is 9.18. The van der Waals surface area contributed by atoms with Crippen LogP contribution < -0.4 is 17.0 Å². The summed E-state index contributed by atoms with van der Waals surface area (Å²) in [5, 5.41) is 9.42. The first-order valence-electron chi connectivity index (χ1n) is 5.02. The van der Waals surface area contributed by atoms with Crippen LogP contribution in [0.2, 0.25) is 0 Å². The van der Waals surface area contributed by atoms with Gasteiger partial charge in [0.1, 0.15) is 5.56 Å². The smallest absolute Gasteiger partial charge is 0.328 e. The summed E-state index contributed by atoms with van der Waals surface area (Å²) in [5.74, 6) is -0.540. The van der Waals surface area contributed by atoms with Gasteiger partial charge in [-0.15, -0.1) is 0 Å². The molecule has 5 N–H and O–H groups in total. The SMILES string of the molecule is Nc1ccccc1N=Cc1c(O)[nH]c(=O)[nH]c1=O. The highest BCUT2D eigenvalue weighted by Gasteiger charge is 2.05. The van der Waals surface area contributed by atoms with Crippen molar-refractivity contribution in [3.05, 3.63) is 50.7 Å². The van der Waals surface area contributed by atoms with Gasteiger partial charge in [-0.05, 0) is 12.1 Å². The number of nitrogens with two attached hydrogens (primary N) is 1. The lowest BCUT2D eigenvalue weighted by Gasteiger charge is -1.99. The summed E-state index contributed by atoms with van der Waals surface area (Å²) in [7, 11) is 0. The number of nitrogen functional groups attached to an aromatic ring is 1. The summed E-state index contributed by atoms with van der Waals surface area (Å²) < 4.78 is 0. The van der Waals surface area contributed by atoms with Crippen LogP contribution in [-0.4, -0.2) is 21.3 Å². The van der Waals surface area contributed by atoms with Gasteiger partial charge in [0.25, 0.3) is 5.56 Å². The number of aromatic amines is 2. The number of aromatic hydroxyl groups is 1. The largest absolute Gasteiger partial charge is 0.494 e. The summed E-state index contributed by atoms with van der Waals surface area (Å²) in [4.78, 5) is 30.3. The van der Waals surface area contributed by atoms with E-state index in [2.05, 4.69) is 9.98 Å². The number of nitrogens with one attached hydrogen (secondary N) is 2. The topological polar surface area (TPSA) is 124 Å². The second kappa shape index (κ2) is 4.58. The van der Waals surface area contributed by atoms with Gasteiger partial charge in [0.2, 0.25) is 5.88 Å². The van der Waals surface area contributed by atoms with Crippen LogP contribution in [0.3, 0.4) is 0 Å². The van der Waals surface area contributed by atoms with E-state index in [0.717, 1.165) is 6.21 Å². The Morgan fingerprint density at radius 3 is 2.61 bits per heavy atom. The maximum atomic E-state index is 11.4. The first-order valence-corrected chi connectivity index (χ1v) is 5.02. The van der Waals surface area contributed by atoms with Gasteiger partial charge in [-0.25, -0.2) is 4.79 Å².